The molecule has 0 spiro atoms. The van der Waals surface area contributed by atoms with Crippen LogP contribution in [0.25, 0.3) is 0 Å². The Morgan fingerprint density at radius 3 is 2.38 bits per heavy atom. The fourth-order valence-electron chi connectivity index (χ4n) is 1.85. The zero-order valence-corrected chi connectivity index (χ0v) is 12.9. The average Bonchev–Trinajstić information content (AvgIpc) is 2.39. The van der Waals surface area contributed by atoms with Gasteiger partial charge in [0.25, 0.3) is 0 Å². The largest absolute Gasteiger partial charge is 0.435 e. The van der Waals surface area contributed by atoms with Crippen LogP contribution >= 0.6 is 12.4 Å². The maximum absolute atomic E-state index is 12.0. The average molecular weight is 323 g/mol. The van der Waals surface area contributed by atoms with E-state index in [1.165, 1.54) is 17.0 Å². The number of alkyl halides is 2. The van der Waals surface area contributed by atoms with E-state index in [2.05, 4.69) is 4.74 Å². The van der Waals surface area contributed by atoms with Crippen molar-refractivity contribution >= 4 is 18.3 Å². The smallest absolute Gasteiger partial charge is 0.387 e. The van der Waals surface area contributed by atoms with Crippen LogP contribution in [0.5, 0.6) is 5.75 Å². The summed E-state index contributed by atoms with van der Waals surface area (Å²) >= 11 is 0. The van der Waals surface area contributed by atoms with Crippen molar-refractivity contribution in [2.45, 2.75) is 39.0 Å². The molecule has 0 heterocycles. The van der Waals surface area contributed by atoms with Gasteiger partial charge < -0.3 is 15.4 Å². The van der Waals surface area contributed by atoms with E-state index in [4.69, 9.17) is 5.73 Å². The fourth-order valence-corrected chi connectivity index (χ4v) is 1.85. The molecule has 1 rings (SSSR count). The molecule has 1 atom stereocenters. The molecule has 21 heavy (non-hydrogen) atoms. The van der Waals surface area contributed by atoms with Crippen LogP contribution in [0.4, 0.5) is 8.78 Å². The second-order valence-corrected chi connectivity index (χ2v) is 4.61. The number of nitrogens with zero attached hydrogens (tertiary/aromatic N) is 1. The number of benzene rings is 1. The summed E-state index contributed by atoms with van der Waals surface area (Å²) in [6.45, 7) is -0.489. The highest BCUT2D eigenvalue weighted by atomic mass is 35.5. The van der Waals surface area contributed by atoms with Gasteiger partial charge in [0.15, 0.2) is 0 Å². The normalized spacial score (nSPS) is 11.7. The van der Waals surface area contributed by atoms with Crippen molar-refractivity contribution in [2.75, 3.05) is 7.05 Å². The van der Waals surface area contributed by atoms with Crippen LogP contribution in [0, 0.1) is 0 Å². The molecule has 0 saturated heterocycles. The molecule has 1 aromatic carbocycles. The second kappa shape index (κ2) is 9.52. The molecule has 0 aliphatic rings. The van der Waals surface area contributed by atoms with E-state index in [1.54, 1.807) is 19.2 Å². The Labute approximate surface area is 129 Å². The van der Waals surface area contributed by atoms with Crippen molar-refractivity contribution in [1.29, 1.82) is 0 Å². The number of hydrogen-bond donors (Lipinski definition) is 1. The van der Waals surface area contributed by atoms with Gasteiger partial charge in [-0.25, -0.2) is 0 Å². The van der Waals surface area contributed by atoms with Gasteiger partial charge in [-0.2, -0.15) is 8.78 Å². The molecule has 0 radical (unpaired) electrons. The van der Waals surface area contributed by atoms with Crippen molar-refractivity contribution in [1.82, 2.24) is 4.90 Å². The molecule has 2 N–H and O–H groups in total. The Morgan fingerprint density at radius 1 is 1.33 bits per heavy atom. The van der Waals surface area contributed by atoms with Gasteiger partial charge in [0, 0.05) is 13.6 Å². The van der Waals surface area contributed by atoms with Crippen LogP contribution in [0.15, 0.2) is 24.3 Å². The minimum absolute atomic E-state index is 0. The minimum Gasteiger partial charge on any atom is -0.435 e. The molecule has 120 valence electrons. The molecular weight excluding hydrogens is 302 g/mol. The van der Waals surface area contributed by atoms with Gasteiger partial charge in [0.2, 0.25) is 5.91 Å². The third-order valence-corrected chi connectivity index (χ3v) is 2.86. The fraction of sp³-hybridized carbons (Fsp3) is 0.500. The standard InChI is InChI=1S/C14H20F2N2O2.ClH/c1-3-4-12(17)13(19)18(2)9-10-5-7-11(8-6-10)20-14(15)16;/h5-8,12,14H,3-4,9,17H2,1-2H3;1H. The van der Waals surface area contributed by atoms with E-state index < -0.39 is 12.7 Å². The first kappa shape index (κ1) is 19.6. The van der Waals surface area contributed by atoms with Crippen molar-refractivity contribution in [3.63, 3.8) is 0 Å². The molecule has 0 aromatic heterocycles. The molecular formula is C14H21ClF2N2O2. The van der Waals surface area contributed by atoms with Gasteiger partial charge in [0.1, 0.15) is 5.75 Å². The third kappa shape index (κ3) is 6.73. The number of nitrogens with two attached hydrogens (primary N) is 1. The highest BCUT2D eigenvalue weighted by Crippen LogP contribution is 2.16. The van der Waals surface area contributed by atoms with E-state index in [9.17, 15) is 13.6 Å². The van der Waals surface area contributed by atoms with Crippen molar-refractivity contribution in [3.8, 4) is 5.75 Å². The second-order valence-electron chi connectivity index (χ2n) is 4.61. The molecule has 0 fully saturated rings. The molecule has 1 amide bonds. The number of halogens is 3. The lowest BCUT2D eigenvalue weighted by molar-refractivity contribution is -0.132. The molecule has 1 aromatic rings. The van der Waals surface area contributed by atoms with Crippen LogP contribution in [0.1, 0.15) is 25.3 Å². The zero-order chi connectivity index (χ0) is 15.1. The van der Waals surface area contributed by atoms with Crippen molar-refractivity contribution in [2.24, 2.45) is 5.73 Å². The summed E-state index contributed by atoms with van der Waals surface area (Å²) in [5.74, 6) is -0.0276. The maximum atomic E-state index is 12.0. The molecule has 4 nitrogen and oxygen atoms in total. The number of carbonyl (C=O) groups is 1. The predicted octanol–water partition coefficient (Wildman–Crippen LogP) is 2.80. The molecule has 0 saturated carbocycles. The van der Waals surface area contributed by atoms with Crippen LogP contribution in [-0.2, 0) is 11.3 Å². The van der Waals surface area contributed by atoms with Crippen molar-refractivity contribution in [3.05, 3.63) is 29.8 Å². The van der Waals surface area contributed by atoms with Crippen molar-refractivity contribution < 1.29 is 18.3 Å². The number of carbonyl (C=O) groups excluding carboxylic acids is 1. The summed E-state index contributed by atoms with van der Waals surface area (Å²) in [5.41, 5.74) is 6.59. The third-order valence-electron chi connectivity index (χ3n) is 2.86. The quantitative estimate of drug-likeness (QED) is 0.840. The SMILES string of the molecule is CCCC(N)C(=O)N(C)Cc1ccc(OC(F)F)cc1.Cl. The monoisotopic (exact) mass is 322 g/mol. The van der Waals surface area contributed by atoms with Crippen LogP contribution < -0.4 is 10.5 Å². The first-order valence-corrected chi connectivity index (χ1v) is 6.48. The van der Waals surface area contributed by atoms with Crippen LogP contribution in [0.2, 0.25) is 0 Å². The summed E-state index contributed by atoms with van der Waals surface area (Å²) in [6, 6.07) is 5.70. The topological polar surface area (TPSA) is 55.6 Å². The summed E-state index contributed by atoms with van der Waals surface area (Å²) in [5, 5.41) is 0. The van der Waals surface area contributed by atoms with Gasteiger partial charge in [-0.1, -0.05) is 25.5 Å². The number of rotatable bonds is 7. The van der Waals surface area contributed by atoms with E-state index in [-0.39, 0.29) is 24.1 Å². The highest BCUT2D eigenvalue weighted by Gasteiger charge is 2.17. The first-order chi connectivity index (χ1) is 9.43. The molecule has 1 unspecified atom stereocenters. The van der Waals surface area contributed by atoms with Crippen LogP contribution in [-0.4, -0.2) is 30.5 Å². The Hall–Kier alpha value is -1.40. The lowest BCUT2D eigenvalue weighted by Crippen LogP contribution is -2.41. The summed E-state index contributed by atoms with van der Waals surface area (Å²) in [6.07, 6.45) is 1.49. The van der Waals surface area contributed by atoms with Gasteiger partial charge in [-0.05, 0) is 24.1 Å². The Morgan fingerprint density at radius 2 is 1.90 bits per heavy atom. The molecule has 0 aliphatic carbocycles. The number of ether oxygens (including phenoxy) is 1. The summed E-state index contributed by atoms with van der Waals surface area (Å²) < 4.78 is 28.3. The summed E-state index contributed by atoms with van der Waals surface area (Å²) in [4.78, 5) is 13.5. The Kier molecular flexibility index (Phi) is 8.89. The lowest BCUT2D eigenvalue weighted by atomic mass is 10.1. The van der Waals surface area contributed by atoms with E-state index in [0.29, 0.717) is 13.0 Å². The zero-order valence-electron chi connectivity index (χ0n) is 12.1. The predicted molar refractivity (Wildman–Crippen MR) is 79.7 cm³/mol. The maximum Gasteiger partial charge on any atom is 0.387 e. The highest BCUT2D eigenvalue weighted by molar-refractivity contribution is 5.85. The van der Waals surface area contributed by atoms with Gasteiger partial charge >= 0.3 is 6.61 Å². The lowest BCUT2D eigenvalue weighted by Gasteiger charge is -2.21. The summed E-state index contributed by atoms with van der Waals surface area (Å²) in [7, 11) is 1.67. The van der Waals surface area contributed by atoms with Gasteiger partial charge in [-0.15, -0.1) is 12.4 Å². The van der Waals surface area contributed by atoms with E-state index >= 15 is 0 Å². The molecule has 7 heteroatoms. The number of likely N-dealkylation sites (N-methyl/N-ethyl adjacent to an activating group) is 1. The molecule has 0 aliphatic heterocycles. The number of amides is 1. The van der Waals surface area contributed by atoms with Gasteiger partial charge in [-0.3, -0.25) is 4.79 Å². The Bertz CT molecular complexity index is 429. The molecule has 0 bridgehead atoms. The number of hydrogen-bond acceptors (Lipinski definition) is 3. The minimum atomic E-state index is -2.84. The van der Waals surface area contributed by atoms with E-state index in [0.717, 1.165) is 12.0 Å². The first-order valence-electron chi connectivity index (χ1n) is 6.48. The van der Waals surface area contributed by atoms with E-state index in [1.807, 2.05) is 6.92 Å². The van der Waals surface area contributed by atoms with Crippen LogP contribution in [0.3, 0.4) is 0 Å². The Balaban J connectivity index is 0.00000400. The van der Waals surface area contributed by atoms with Gasteiger partial charge in [0.05, 0.1) is 6.04 Å².